The fourth-order valence-corrected chi connectivity index (χ4v) is 3.10. The molecule has 1 fully saturated rings. The molecule has 0 unspecified atom stereocenters. The van der Waals surface area contributed by atoms with E-state index in [1.54, 1.807) is 0 Å². The Morgan fingerprint density at radius 2 is 2.05 bits per heavy atom. The second-order valence-corrected chi connectivity index (χ2v) is 5.91. The van der Waals surface area contributed by atoms with Gasteiger partial charge in [-0.25, -0.2) is 0 Å². The summed E-state index contributed by atoms with van der Waals surface area (Å²) in [6.07, 6.45) is 3.78. The van der Waals surface area contributed by atoms with E-state index in [9.17, 15) is 0 Å². The number of ether oxygens (including phenoxy) is 1. The third-order valence-corrected chi connectivity index (χ3v) is 4.31. The zero-order valence-electron chi connectivity index (χ0n) is 12.0. The average Bonchev–Trinajstić information content (AvgIpc) is 2.89. The Kier molecular flexibility index (Phi) is 3.65. The van der Waals surface area contributed by atoms with Gasteiger partial charge in [0.25, 0.3) is 0 Å². The van der Waals surface area contributed by atoms with Crippen molar-refractivity contribution >= 4 is 5.69 Å². The van der Waals surface area contributed by atoms with Crippen LogP contribution >= 0.6 is 0 Å². The van der Waals surface area contributed by atoms with Crippen LogP contribution in [0, 0.1) is 0 Å². The van der Waals surface area contributed by atoms with Crippen LogP contribution in [0.4, 0.5) is 5.69 Å². The Balaban J connectivity index is 1.63. The predicted molar refractivity (Wildman–Crippen MR) is 79.0 cm³/mol. The molecule has 0 saturated carbocycles. The Labute approximate surface area is 115 Å². The van der Waals surface area contributed by atoms with Gasteiger partial charge < -0.3 is 15.0 Å². The smallest absolute Gasteiger partial charge is 0.143 e. The topological polar surface area (TPSA) is 24.5 Å². The average molecular weight is 260 g/mol. The molecule has 0 aromatic heterocycles. The van der Waals surface area contributed by atoms with Crippen molar-refractivity contribution in [3.05, 3.63) is 23.8 Å². The molecule has 1 N–H and O–H groups in total. The van der Waals surface area contributed by atoms with Crippen LogP contribution in [-0.2, 0) is 6.42 Å². The summed E-state index contributed by atoms with van der Waals surface area (Å²) in [6.45, 7) is 7.90. The van der Waals surface area contributed by atoms with Gasteiger partial charge in [0.2, 0.25) is 0 Å². The van der Waals surface area contributed by atoms with E-state index in [0.29, 0.717) is 12.1 Å². The standard InChI is InChI=1S/C16H24N2O/c1-12(2)18-10-7-14(8-11-18)19-15-5-3-4-13-6-9-17-16(13)15/h3-5,12,14,17H,6-11H2,1-2H3. The maximum absolute atomic E-state index is 6.24. The molecule has 104 valence electrons. The van der Waals surface area contributed by atoms with E-state index in [2.05, 4.69) is 42.3 Å². The molecule has 2 aliphatic heterocycles. The minimum atomic E-state index is 0.379. The molecule has 1 aromatic rings. The lowest BCUT2D eigenvalue weighted by molar-refractivity contribution is 0.0848. The number of benzene rings is 1. The number of para-hydroxylation sites is 1. The Morgan fingerprint density at radius 1 is 1.26 bits per heavy atom. The molecule has 0 spiro atoms. The highest BCUT2D eigenvalue weighted by atomic mass is 16.5. The second-order valence-electron chi connectivity index (χ2n) is 5.91. The van der Waals surface area contributed by atoms with Crippen molar-refractivity contribution in [2.75, 3.05) is 25.0 Å². The Morgan fingerprint density at radius 3 is 2.79 bits per heavy atom. The van der Waals surface area contributed by atoms with E-state index in [1.807, 2.05) is 0 Å². The number of nitrogens with one attached hydrogen (secondary N) is 1. The van der Waals surface area contributed by atoms with Gasteiger partial charge in [0.05, 0.1) is 5.69 Å². The minimum Gasteiger partial charge on any atom is -0.488 e. The summed E-state index contributed by atoms with van der Waals surface area (Å²) < 4.78 is 6.24. The largest absolute Gasteiger partial charge is 0.488 e. The zero-order chi connectivity index (χ0) is 13.2. The van der Waals surface area contributed by atoms with Crippen LogP contribution in [0.2, 0.25) is 0 Å². The summed E-state index contributed by atoms with van der Waals surface area (Å²) in [5.74, 6) is 1.05. The van der Waals surface area contributed by atoms with Crippen molar-refractivity contribution in [2.45, 2.75) is 45.3 Å². The van der Waals surface area contributed by atoms with E-state index in [4.69, 9.17) is 4.74 Å². The SMILES string of the molecule is CC(C)N1CCC(Oc2cccc3c2NCC3)CC1. The first-order valence-electron chi connectivity index (χ1n) is 7.50. The minimum absolute atomic E-state index is 0.379. The van der Waals surface area contributed by atoms with Gasteiger partial charge in [-0.15, -0.1) is 0 Å². The summed E-state index contributed by atoms with van der Waals surface area (Å²) in [5, 5.41) is 3.45. The highest BCUT2D eigenvalue weighted by Gasteiger charge is 2.23. The Bertz CT molecular complexity index is 436. The molecule has 2 heterocycles. The van der Waals surface area contributed by atoms with Crippen LogP contribution in [0.15, 0.2) is 18.2 Å². The fraction of sp³-hybridized carbons (Fsp3) is 0.625. The summed E-state index contributed by atoms with van der Waals surface area (Å²) in [6, 6.07) is 7.07. The van der Waals surface area contributed by atoms with Gasteiger partial charge in [-0.3, -0.25) is 0 Å². The van der Waals surface area contributed by atoms with Gasteiger partial charge >= 0.3 is 0 Å². The van der Waals surface area contributed by atoms with Crippen LogP contribution < -0.4 is 10.1 Å². The molecular weight excluding hydrogens is 236 g/mol. The van der Waals surface area contributed by atoms with Crippen LogP contribution in [0.3, 0.4) is 0 Å². The summed E-state index contributed by atoms with van der Waals surface area (Å²) in [5.41, 5.74) is 2.63. The molecule has 2 aliphatic rings. The first-order chi connectivity index (χ1) is 9.24. The van der Waals surface area contributed by atoms with Crippen molar-refractivity contribution in [3.63, 3.8) is 0 Å². The van der Waals surface area contributed by atoms with Gasteiger partial charge in [-0.1, -0.05) is 12.1 Å². The molecule has 0 amide bonds. The van der Waals surface area contributed by atoms with Gasteiger partial charge in [-0.05, 0) is 44.7 Å². The number of nitrogens with zero attached hydrogens (tertiary/aromatic N) is 1. The zero-order valence-corrected chi connectivity index (χ0v) is 12.0. The first-order valence-corrected chi connectivity index (χ1v) is 7.50. The van der Waals surface area contributed by atoms with Gasteiger partial charge in [-0.2, -0.15) is 0 Å². The van der Waals surface area contributed by atoms with Gasteiger partial charge in [0.15, 0.2) is 0 Å². The molecule has 0 bridgehead atoms. The molecule has 1 saturated heterocycles. The number of hydrogen-bond acceptors (Lipinski definition) is 3. The lowest BCUT2D eigenvalue weighted by atomic mass is 10.1. The highest BCUT2D eigenvalue weighted by molar-refractivity contribution is 5.65. The number of likely N-dealkylation sites (tertiary alicyclic amines) is 1. The second kappa shape index (κ2) is 5.41. The normalized spacial score (nSPS) is 20.4. The van der Waals surface area contributed by atoms with Crippen molar-refractivity contribution in [1.29, 1.82) is 0 Å². The Hall–Kier alpha value is -1.22. The predicted octanol–water partition coefficient (Wildman–Crippen LogP) is 2.91. The van der Waals surface area contributed by atoms with Crippen molar-refractivity contribution in [2.24, 2.45) is 0 Å². The number of piperidine rings is 1. The quantitative estimate of drug-likeness (QED) is 0.904. The van der Waals surface area contributed by atoms with E-state index in [-0.39, 0.29) is 0 Å². The maximum Gasteiger partial charge on any atom is 0.143 e. The van der Waals surface area contributed by atoms with E-state index < -0.39 is 0 Å². The third-order valence-electron chi connectivity index (χ3n) is 4.31. The highest BCUT2D eigenvalue weighted by Crippen LogP contribution is 2.34. The van der Waals surface area contributed by atoms with Gasteiger partial charge in [0, 0.05) is 25.7 Å². The lowest BCUT2D eigenvalue weighted by Gasteiger charge is -2.34. The van der Waals surface area contributed by atoms with Crippen LogP contribution in [-0.4, -0.2) is 36.7 Å². The molecule has 3 rings (SSSR count). The number of rotatable bonds is 3. The number of anilines is 1. The monoisotopic (exact) mass is 260 g/mol. The molecule has 0 aliphatic carbocycles. The van der Waals surface area contributed by atoms with E-state index in [0.717, 1.165) is 44.6 Å². The molecular formula is C16H24N2O. The lowest BCUT2D eigenvalue weighted by Crippen LogP contribution is -2.41. The molecule has 0 radical (unpaired) electrons. The number of fused-ring (bicyclic) bond motifs is 1. The number of hydrogen-bond donors (Lipinski definition) is 1. The third kappa shape index (κ3) is 2.71. The maximum atomic E-state index is 6.24. The molecule has 1 aromatic carbocycles. The summed E-state index contributed by atoms with van der Waals surface area (Å²) >= 11 is 0. The van der Waals surface area contributed by atoms with Crippen molar-refractivity contribution < 1.29 is 4.74 Å². The summed E-state index contributed by atoms with van der Waals surface area (Å²) in [4.78, 5) is 2.54. The van der Waals surface area contributed by atoms with Crippen LogP contribution in [0.5, 0.6) is 5.75 Å². The van der Waals surface area contributed by atoms with Gasteiger partial charge in [0.1, 0.15) is 11.9 Å². The van der Waals surface area contributed by atoms with Crippen molar-refractivity contribution in [1.82, 2.24) is 4.90 Å². The molecule has 3 nitrogen and oxygen atoms in total. The first kappa shape index (κ1) is 12.8. The fourth-order valence-electron chi connectivity index (χ4n) is 3.10. The van der Waals surface area contributed by atoms with Crippen LogP contribution in [0.25, 0.3) is 0 Å². The van der Waals surface area contributed by atoms with E-state index in [1.165, 1.54) is 11.3 Å². The molecule has 0 atom stereocenters. The molecule has 3 heteroatoms. The van der Waals surface area contributed by atoms with Crippen molar-refractivity contribution in [3.8, 4) is 5.75 Å². The molecule has 19 heavy (non-hydrogen) atoms. The van der Waals surface area contributed by atoms with Crippen LogP contribution in [0.1, 0.15) is 32.3 Å². The van der Waals surface area contributed by atoms with E-state index >= 15 is 0 Å². The summed E-state index contributed by atoms with van der Waals surface area (Å²) in [7, 11) is 0.